The Hall–Kier alpha value is -10.9. The van der Waals surface area contributed by atoms with Crippen molar-refractivity contribution in [2.45, 2.75) is 308 Å². The summed E-state index contributed by atoms with van der Waals surface area (Å²) in [6, 6.07) is 13.6. The number of rotatable bonds is 68. The van der Waals surface area contributed by atoms with Gasteiger partial charge in [0.25, 0.3) is 0 Å². The maximum atomic E-state index is 13.0. The highest BCUT2D eigenvalue weighted by atomic mass is 32.2. The van der Waals surface area contributed by atoms with Gasteiger partial charge in [-0.05, 0) is 95.1 Å². The van der Waals surface area contributed by atoms with E-state index in [1.807, 2.05) is 67.6 Å². The minimum atomic E-state index is -1.60. The molecule has 39 heteroatoms. The number of carboxylic acids is 4. The van der Waals surface area contributed by atoms with Crippen LogP contribution >= 0.6 is 11.8 Å². The van der Waals surface area contributed by atoms with Gasteiger partial charge in [0.15, 0.2) is 11.6 Å². The number of benzene rings is 2. The molecule has 14 N–H and O–H groups in total. The first-order valence-corrected chi connectivity index (χ1v) is 45.0. The lowest BCUT2D eigenvalue weighted by Gasteiger charge is -2.22. The fourth-order valence-electron chi connectivity index (χ4n) is 12.8. The largest absolute Gasteiger partial charge is 0.481 e. The highest BCUT2D eigenvalue weighted by Gasteiger charge is 2.40. The van der Waals surface area contributed by atoms with E-state index in [1.54, 1.807) is 6.92 Å². The third-order valence-electron chi connectivity index (χ3n) is 20.5. The number of hydrogen-bond donors (Lipinski definition) is 13. The van der Waals surface area contributed by atoms with Crippen molar-refractivity contribution in [3.05, 3.63) is 71.8 Å². The van der Waals surface area contributed by atoms with Gasteiger partial charge in [-0.3, -0.25) is 102 Å². The van der Waals surface area contributed by atoms with E-state index in [4.69, 9.17) is 20.4 Å². The van der Waals surface area contributed by atoms with Crippen molar-refractivity contribution in [3.63, 3.8) is 0 Å². The Labute approximate surface area is 752 Å². The zero-order valence-corrected chi connectivity index (χ0v) is 75.4. The molecule has 2 aromatic carbocycles. The molecular weight excluding hydrogens is 1690 g/mol. The summed E-state index contributed by atoms with van der Waals surface area (Å²) in [5, 5.41) is 79.4. The SMILES string of the molecule is CC(=O)[C@H](Cc1ccccc1)NC(=O)CCCCCCCCC(=O)CC[C@H](NC(=O)NCCCC(=O)O)C(=O)O.CCC(=O)CCN1C(=O)CC(SC[C@H](CC(=O)[C@H](CC(=O)O)NC(=O)[C@@H](N)CNC(=O)[C@@H](CC)Cc2ccccc2)C(=O)O)C1=O.CCCCCCN(O)C(=O)CCC(=O)CCCCCCN(O)C(=O)CCC(=O)CCCCCCN(O)C(C)=O.O=C=O. The number of nitrogens with zero attached hydrogens (tertiary/aromatic N) is 4. The predicted octanol–water partition coefficient (Wildman–Crippen LogP) is 8.19. The van der Waals surface area contributed by atoms with Gasteiger partial charge < -0.3 is 52.7 Å². The lowest BCUT2D eigenvalue weighted by atomic mass is 9.96. The zero-order chi connectivity index (χ0) is 96.3. The molecule has 1 fully saturated rings. The third-order valence-corrected chi connectivity index (χ3v) is 21.9. The van der Waals surface area contributed by atoms with Gasteiger partial charge in [-0.2, -0.15) is 9.59 Å². The highest BCUT2D eigenvalue weighted by Crippen LogP contribution is 2.29. The predicted molar refractivity (Wildman–Crippen MR) is 466 cm³/mol. The fraction of sp³-hybridized carbons (Fsp3) is 0.640. The van der Waals surface area contributed by atoms with E-state index in [9.17, 15) is 122 Å². The molecular formula is C89H136N10O28S. The molecule has 1 aliphatic heterocycles. The van der Waals surface area contributed by atoms with E-state index < -0.39 is 119 Å². The van der Waals surface area contributed by atoms with Crippen molar-refractivity contribution in [2.24, 2.45) is 17.6 Å². The van der Waals surface area contributed by atoms with Gasteiger partial charge in [0.2, 0.25) is 47.3 Å². The monoisotopic (exact) mass is 1820 g/mol. The molecule has 0 spiro atoms. The molecule has 0 aromatic heterocycles. The number of urea groups is 1. The van der Waals surface area contributed by atoms with Gasteiger partial charge in [0, 0.05) is 148 Å². The summed E-state index contributed by atoms with van der Waals surface area (Å²) >= 11 is 0.882. The van der Waals surface area contributed by atoms with Gasteiger partial charge in [-0.1, -0.05) is 152 Å². The van der Waals surface area contributed by atoms with E-state index in [0.29, 0.717) is 93.7 Å². The van der Waals surface area contributed by atoms with Crippen molar-refractivity contribution >= 4 is 130 Å². The molecule has 0 bridgehead atoms. The summed E-state index contributed by atoms with van der Waals surface area (Å²) in [4.78, 5) is 244. The fourth-order valence-corrected chi connectivity index (χ4v) is 14.0. The Morgan fingerprint density at radius 2 is 0.977 bits per heavy atom. The maximum absolute atomic E-state index is 13.0. The molecule has 1 aliphatic rings. The Kier molecular flexibility index (Phi) is 65.1. The molecule has 0 radical (unpaired) electrons. The molecule has 2 aromatic rings. The van der Waals surface area contributed by atoms with Crippen molar-refractivity contribution in [3.8, 4) is 0 Å². The number of nitrogens with one attached hydrogen (secondary N) is 5. The Bertz CT molecular complexity index is 3830. The first-order chi connectivity index (χ1) is 60.8. The van der Waals surface area contributed by atoms with Crippen LogP contribution in [0.3, 0.4) is 0 Å². The zero-order valence-electron chi connectivity index (χ0n) is 74.6. The number of aliphatic carboxylic acids is 4. The molecule has 716 valence electrons. The van der Waals surface area contributed by atoms with Crippen LogP contribution in [0.25, 0.3) is 0 Å². The van der Waals surface area contributed by atoms with E-state index in [-0.39, 0.29) is 162 Å². The molecule has 7 atom stereocenters. The first-order valence-electron chi connectivity index (χ1n) is 44.0. The quantitative estimate of drug-likeness (QED) is 0.0128. The molecule has 1 heterocycles. The number of hydroxylamine groups is 6. The molecule has 128 heavy (non-hydrogen) atoms. The molecule has 0 aliphatic carbocycles. The number of unbranched alkanes of at least 4 members (excludes halogenated alkanes) is 14. The Morgan fingerprint density at radius 3 is 1.45 bits per heavy atom. The summed E-state index contributed by atoms with van der Waals surface area (Å²) in [5.41, 5.74) is 7.88. The van der Waals surface area contributed by atoms with Gasteiger partial charge in [-0.15, -0.1) is 11.8 Å². The Balaban J connectivity index is 0.00000187. The lowest BCUT2D eigenvalue weighted by molar-refractivity contribution is -0.192. The van der Waals surface area contributed by atoms with E-state index in [0.717, 1.165) is 116 Å². The van der Waals surface area contributed by atoms with E-state index in [2.05, 4.69) is 33.5 Å². The van der Waals surface area contributed by atoms with Gasteiger partial charge >= 0.3 is 36.1 Å². The Morgan fingerprint density at radius 1 is 0.492 bits per heavy atom. The highest BCUT2D eigenvalue weighted by molar-refractivity contribution is 8.00. The number of amides is 10. The number of nitrogens with two attached hydrogens (primary N) is 1. The smallest absolute Gasteiger partial charge is 0.373 e. The van der Waals surface area contributed by atoms with Crippen molar-refractivity contribution in [1.29, 1.82) is 0 Å². The average Bonchev–Trinajstić information content (AvgIpc) is 1.68. The van der Waals surface area contributed by atoms with Crippen LogP contribution in [0, 0.1) is 11.8 Å². The van der Waals surface area contributed by atoms with Crippen LogP contribution in [0.2, 0.25) is 0 Å². The normalized spacial score (nSPS) is 13.3. The van der Waals surface area contributed by atoms with Crippen molar-refractivity contribution < 1.29 is 137 Å². The molecule has 3 rings (SSSR count). The van der Waals surface area contributed by atoms with Crippen LogP contribution in [0.5, 0.6) is 0 Å². The lowest BCUT2D eigenvalue weighted by Crippen LogP contribution is -2.53. The van der Waals surface area contributed by atoms with Crippen LogP contribution in [0.4, 0.5) is 4.79 Å². The molecule has 0 saturated carbocycles. The van der Waals surface area contributed by atoms with E-state index in [1.165, 1.54) is 13.8 Å². The molecule has 38 nitrogen and oxygen atoms in total. The summed E-state index contributed by atoms with van der Waals surface area (Å²) in [6.45, 7) is 8.87. The summed E-state index contributed by atoms with van der Waals surface area (Å²) in [7, 11) is 0. The number of likely N-dealkylation sites (tertiary alicyclic amines) is 1. The number of carbonyl (C=O) groups excluding carboxylic acids is 17. The molecule has 1 unspecified atom stereocenters. The van der Waals surface area contributed by atoms with Crippen LogP contribution in [-0.2, 0) is 109 Å². The minimum Gasteiger partial charge on any atom is -0.481 e. The topological polar surface area (TPSA) is 599 Å². The van der Waals surface area contributed by atoms with Crippen molar-refractivity contribution in [1.82, 2.24) is 46.7 Å². The summed E-state index contributed by atoms with van der Waals surface area (Å²) in [5.74, 6) is -11.9. The number of thioether (sulfide) groups is 1. The van der Waals surface area contributed by atoms with E-state index >= 15 is 0 Å². The summed E-state index contributed by atoms with van der Waals surface area (Å²) in [6.07, 6.45) is 16.6. The van der Waals surface area contributed by atoms with Crippen LogP contribution < -0.4 is 32.3 Å². The van der Waals surface area contributed by atoms with Crippen LogP contribution in [0.1, 0.15) is 277 Å². The number of imide groups is 1. The molecule has 1 saturated heterocycles. The van der Waals surface area contributed by atoms with Gasteiger partial charge in [-0.25, -0.2) is 24.8 Å². The standard InChI is InChI=1S/C31H42N4O10S.C29H43N3O8.C28H51N3O8.CO2/c1-3-19(12-18-8-6-5-7-9-18)28(41)33-16-22(32)29(42)34-23(14-27(39)40)24(37)13-20(31(44)45)17-46-25-15-26(38)35(30(25)43)11-10-21(36)4-2;1-21(33)25(20-22-12-7-6-8-13-22)31-26(35)15-10-5-3-2-4-9-14-23(34)17-18-24(28(38)39)32-29(40)30-19-11-16-27(36)37;1-3-4-5-12-22-30(38)27(35)19-17-26(34)16-11-7-9-14-23-31(39)28(36)20-18-25(33)15-10-6-8-13-21-29(37)24(2)32;2-1-3/h5-9,19-20,22-23,25H,3-4,10-17,32H2,1-2H3,(H,33,41)(H,34,42)(H,39,40)(H,44,45);6-8,12-13,24-25H,2-5,9-11,14-20H2,1H3,(H,31,35)(H,36,37)(H,38,39)(H2,30,32,40);37-39H,3-23H2,1-2H3;/t19-,20-,22-,23-,25?;24-,25-;;/m00../s1. The van der Waals surface area contributed by atoms with Crippen molar-refractivity contribution in [2.75, 3.05) is 45.0 Å². The first kappa shape index (κ1) is 117. The van der Waals surface area contributed by atoms with Gasteiger partial charge in [0.05, 0.1) is 29.7 Å². The van der Waals surface area contributed by atoms with Crippen LogP contribution in [0.15, 0.2) is 60.7 Å². The minimum absolute atomic E-state index is 0.0128. The second-order valence-electron chi connectivity index (χ2n) is 31.2. The summed E-state index contributed by atoms with van der Waals surface area (Å²) < 4.78 is 0. The number of carboxylic acid groups (broad SMARTS) is 4. The van der Waals surface area contributed by atoms with Gasteiger partial charge in [0.1, 0.15) is 35.2 Å². The number of hydrogen-bond acceptors (Lipinski definition) is 26. The number of ketones is 6. The second-order valence-corrected chi connectivity index (χ2v) is 32.4. The number of Topliss-reactive ketones (excluding diaryl/α,β-unsaturated/α-hetero) is 6. The third kappa shape index (κ3) is 57.8. The molecule has 10 amide bonds. The maximum Gasteiger partial charge on any atom is 0.373 e. The second kappa shape index (κ2) is 71.1. The average molecular weight is 1830 g/mol. The van der Waals surface area contributed by atoms with Crippen LogP contribution in [-0.4, -0.2) is 249 Å². The number of carbonyl (C=O) groups is 19.